The molecule has 0 unspecified atom stereocenters. The van der Waals surface area contributed by atoms with Gasteiger partial charge in [-0.25, -0.2) is 19.6 Å². The number of nitrogens with zero attached hydrogens (tertiary/aromatic N) is 7. The van der Waals surface area contributed by atoms with Crippen molar-refractivity contribution in [3.05, 3.63) is 81.5 Å². The van der Waals surface area contributed by atoms with Gasteiger partial charge in [0.25, 0.3) is 5.56 Å². The first kappa shape index (κ1) is 19.6. The Bertz CT molecular complexity index is 1440. The number of H-pyrrole nitrogens is 1. The zero-order valence-corrected chi connectivity index (χ0v) is 17.2. The molecule has 3 aromatic heterocycles. The zero-order valence-electron chi connectivity index (χ0n) is 17.2. The van der Waals surface area contributed by atoms with Crippen molar-refractivity contribution < 1.29 is 0 Å². The molecular formula is C23H18N8O. The molecule has 0 aliphatic heterocycles. The first-order valence-electron chi connectivity index (χ1n) is 10.3. The van der Waals surface area contributed by atoms with E-state index in [1.54, 1.807) is 35.3 Å². The molecule has 0 spiro atoms. The SMILES string of the molecule is C[C@H](c1ccc(C#N)cc1)n1nc(C#N)c2c(=O)[nH]c([C@@H]3CC[C@H]3c3ncccn3)nc21. The minimum atomic E-state index is -0.376. The summed E-state index contributed by atoms with van der Waals surface area (Å²) >= 11 is 0. The van der Waals surface area contributed by atoms with Crippen molar-refractivity contribution in [2.24, 2.45) is 0 Å². The van der Waals surface area contributed by atoms with Crippen molar-refractivity contribution in [2.75, 3.05) is 0 Å². The second-order valence-electron chi connectivity index (χ2n) is 7.86. The number of aromatic nitrogens is 6. The van der Waals surface area contributed by atoms with Crippen LogP contribution in [0.15, 0.2) is 47.5 Å². The van der Waals surface area contributed by atoms with Gasteiger partial charge in [0.05, 0.1) is 17.7 Å². The average Bonchev–Trinajstić information content (AvgIpc) is 3.18. The maximum Gasteiger partial charge on any atom is 0.263 e. The van der Waals surface area contributed by atoms with E-state index in [-0.39, 0.29) is 34.5 Å². The fraction of sp³-hybridized carbons (Fsp3) is 0.261. The van der Waals surface area contributed by atoms with Gasteiger partial charge in [0, 0.05) is 24.2 Å². The Morgan fingerprint density at radius 2 is 1.81 bits per heavy atom. The fourth-order valence-corrected chi connectivity index (χ4v) is 4.20. The second-order valence-corrected chi connectivity index (χ2v) is 7.86. The summed E-state index contributed by atoms with van der Waals surface area (Å²) in [6.07, 6.45) is 5.21. The van der Waals surface area contributed by atoms with Crippen LogP contribution in [0, 0.1) is 22.7 Å². The molecule has 0 amide bonds. The summed E-state index contributed by atoms with van der Waals surface area (Å²) in [5.74, 6) is 1.38. The van der Waals surface area contributed by atoms with Gasteiger partial charge in [-0.1, -0.05) is 12.1 Å². The van der Waals surface area contributed by atoms with Gasteiger partial charge in [0.1, 0.15) is 23.1 Å². The summed E-state index contributed by atoms with van der Waals surface area (Å²) in [5, 5.41) is 23.2. The summed E-state index contributed by atoms with van der Waals surface area (Å²) in [6, 6.07) is 12.7. The van der Waals surface area contributed by atoms with Crippen molar-refractivity contribution >= 4 is 11.0 Å². The number of fused-ring (bicyclic) bond motifs is 1. The number of nitrogens with one attached hydrogen (secondary N) is 1. The van der Waals surface area contributed by atoms with E-state index in [0.717, 1.165) is 24.2 Å². The molecular weight excluding hydrogens is 404 g/mol. The quantitative estimate of drug-likeness (QED) is 0.534. The van der Waals surface area contributed by atoms with Gasteiger partial charge in [-0.2, -0.15) is 15.6 Å². The molecule has 0 saturated heterocycles. The Labute approximate surface area is 183 Å². The maximum atomic E-state index is 13.0. The van der Waals surface area contributed by atoms with Gasteiger partial charge < -0.3 is 4.98 Å². The third-order valence-corrected chi connectivity index (χ3v) is 6.12. The largest absolute Gasteiger partial charge is 0.310 e. The number of nitriles is 2. The van der Waals surface area contributed by atoms with Crippen molar-refractivity contribution in [1.29, 1.82) is 10.5 Å². The highest BCUT2D eigenvalue weighted by Crippen LogP contribution is 2.46. The molecule has 1 N–H and O–H groups in total. The first-order chi connectivity index (χ1) is 15.6. The Kier molecular flexibility index (Phi) is 4.72. The van der Waals surface area contributed by atoms with E-state index in [9.17, 15) is 10.1 Å². The molecule has 0 radical (unpaired) electrons. The summed E-state index contributed by atoms with van der Waals surface area (Å²) in [7, 11) is 0. The topological polar surface area (TPSA) is 137 Å². The number of hydrogen-bond acceptors (Lipinski definition) is 7. The number of hydrogen-bond donors (Lipinski definition) is 1. The minimum Gasteiger partial charge on any atom is -0.310 e. The van der Waals surface area contributed by atoms with Crippen LogP contribution >= 0.6 is 0 Å². The van der Waals surface area contributed by atoms with E-state index in [4.69, 9.17) is 10.2 Å². The molecule has 9 nitrogen and oxygen atoms in total. The summed E-state index contributed by atoms with van der Waals surface area (Å²) in [5.41, 5.74) is 1.48. The van der Waals surface area contributed by atoms with Crippen LogP contribution < -0.4 is 5.56 Å². The first-order valence-corrected chi connectivity index (χ1v) is 10.3. The third kappa shape index (κ3) is 3.12. The van der Waals surface area contributed by atoms with E-state index in [1.807, 2.05) is 25.1 Å². The predicted octanol–water partition coefficient (Wildman–Crippen LogP) is 2.92. The van der Waals surface area contributed by atoms with Crippen LogP contribution in [0.4, 0.5) is 0 Å². The summed E-state index contributed by atoms with van der Waals surface area (Å²) in [6.45, 7) is 1.92. The number of aromatic amines is 1. The molecule has 3 heterocycles. The standard InChI is InChI=1S/C23H18N8O/c1-13(15-5-3-14(11-24)4-6-15)31-22-19(18(12-25)30-31)23(32)29-21(28-22)17-8-7-16(17)20-26-9-2-10-27-20/h2-6,9-10,13,16-17H,7-8H2,1H3,(H,28,29,32)/t13-,16-,17-/m1/s1. The van der Waals surface area contributed by atoms with E-state index in [0.29, 0.717) is 17.0 Å². The average molecular weight is 422 g/mol. The van der Waals surface area contributed by atoms with Crippen LogP contribution in [-0.2, 0) is 0 Å². The van der Waals surface area contributed by atoms with E-state index in [2.05, 4.69) is 26.1 Å². The van der Waals surface area contributed by atoms with Gasteiger partial charge in [0.15, 0.2) is 11.3 Å². The predicted molar refractivity (Wildman–Crippen MR) is 115 cm³/mol. The summed E-state index contributed by atoms with van der Waals surface area (Å²) in [4.78, 5) is 29.3. The molecule has 32 heavy (non-hydrogen) atoms. The molecule has 4 aromatic rings. The monoisotopic (exact) mass is 422 g/mol. The Balaban J connectivity index is 1.60. The minimum absolute atomic E-state index is 0.00592. The Morgan fingerprint density at radius 1 is 1.09 bits per heavy atom. The molecule has 1 fully saturated rings. The molecule has 5 rings (SSSR count). The fourth-order valence-electron chi connectivity index (χ4n) is 4.20. The Hall–Kier alpha value is -4.37. The van der Waals surface area contributed by atoms with E-state index >= 15 is 0 Å². The van der Waals surface area contributed by atoms with Crippen LogP contribution in [0.25, 0.3) is 11.0 Å². The molecule has 9 heteroatoms. The van der Waals surface area contributed by atoms with Gasteiger partial charge in [-0.3, -0.25) is 4.79 Å². The second kappa shape index (κ2) is 7.71. The smallest absolute Gasteiger partial charge is 0.263 e. The Morgan fingerprint density at radius 3 is 2.44 bits per heavy atom. The number of benzene rings is 1. The van der Waals surface area contributed by atoms with Crippen LogP contribution in [0.5, 0.6) is 0 Å². The normalized spacial score (nSPS) is 18.5. The molecule has 1 aliphatic rings. The van der Waals surface area contributed by atoms with Crippen molar-refractivity contribution in [2.45, 2.75) is 37.6 Å². The van der Waals surface area contributed by atoms with Crippen LogP contribution in [0.3, 0.4) is 0 Å². The zero-order chi connectivity index (χ0) is 22.2. The highest BCUT2D eigenvalue weighted by Gasteiger charge is 2.37. The molecule has 0 bridgehead atoms. The molecule has 1 aliphatic carbocycles. The van der Waals surface area contributed by atoms with Gasteiger partial charge in [0.2, 0.25) is 0 Å². The van der Waals surface area contributed by atoms with Gasteiger partial charge >= 0.3 is 0 Å². The lowest BCUT2D eigenvalue weighted by molar-refractivity contribution is 0.319. The van der Waals surface area contributed by atoms with Crippen molar-refractivity contribution in [3.63, 3.8) is 0 Å². The maximum absolute atomic E-state index is 13.0. The van der Waals surface area contributed by atoms with Gasteiger partial charge in [-0.15, -0.1) is 0 Å². The molecule has 3 atom stereocenters. The number of rotatable bonds is 4. The summed E-state index contributed by atoms with van der Waals surface area (Å²) < 4.78 is 1.61. The lowest BCUT2D eigenvalue weighted by Crippen LogP contribution is -2.28. The highest BCUT2D eigenvalue weighted by atomic mass is 16.1. The molecule has 156 valence electrons. The van der Waals surface area contributed by atoms with Crippen LogP contribution in [0.2, 0.25) is 0 Å². The lowest BCUT2D eigenvalue weighted by atomic mass is 9.72. The van der Waals surface area contributed by atoms with E-state index in [1.165, 1.54) is 0 Å². The van der Waals surface area contributed by atoms with Crippen LogP contribution in [-0.4, -0.2) is 29.7 Å². The molecule has 1 saturated carbocycles. The van der Waals surface area contributed by atoms with Gasteiger partial charge in [-0.05, 0) is 43.5 Å². The third-order valence-electron chi connectivity index (χ3n) is 6.12. The lowest BCUT2D eigenvalue weighted by Gasteiger charge is -2.34. The highest BCUT2D eigenvalue weighted by molar-refractivity contribution is 5.80. The van der Waals surface area contributed by atoms with E-state index < -0.39 is 0 Å². The van der Waals surface area contributed by atoms with Crippen LogP contribution in [0.1, 0.15) is 66.1 Å². The van der Waals surface area contributed by atoms with Crippen molar-refractivity contribution in [1.82, 2.24) is 29.7 Å². The molecule has 1 aromatic carbocycles. The van der Waals surface area contributed by atoms with Crippen molar-refractivity contribution in [3.8, 4) is 12.1 Å².